The molecule has 0 spiro atoms. The van der Waals surface area contributed by atoms with Gasteiger partial charge >= 0.3 is 0 Å². The normalized spacial score (nSPS) is 14.5. The van der Waals surface area contributed by atoms with Crippen molar-refractivity contribution in [3.8, 4) is 6.19 Å². The van der Waals surface area contributed by atoms with Gasteiger partial charge in [0.25, 0.3) is 0 Å². The summed E-state index contributed by atoms with van der Waals surface area (Å²) < 4.78 is 0. The Morgan fingerprint density at radius 1 is 0.583 bits per heavy atom. The average Bonchev–Trinajstić information content (AvgIpc) is 2.98. The Balaban J connectivity index is 2.10. The Morgan fingerprint density at radius 2 is 1.08 bits per heavy atom. The summed E-state index contributed by atoms with van der Waals surface area (Å²) in [5, 5.41) is 9.21. The number of allylic oxidation sites excluding steroid dienone is 1. The van der Waals surface area contributed by atoms with Crippen LogP contribution >= 0.6 is 0 Å². The number of nitriles is 1. The Kier molecular flexibility index (Phi) is 3.53. The van der Waals surface area contributed by atoms with Crippen molar-refractivity contribution in [3.05, 3.63) is 107 Å². The van der Waals surface area contributed by atoms with Crippen LogP contribution in [0.15, 0.2) is 89.9 Å². The van der Waals surface area contributed by atoms with Gasteiger partial charge in [0, 0.05) is 11.1 Å². The zero-order valence-electron chi connectivity index (χ0n) is 13.0. The predicted molar refractivity (Wildman–Crippen MR) is 97.4 cm³/mol. The second-order valence-corrected chi connectivity index (χ2v) is 5.59. The van der Waals surface area contributed by atoms with Crippen molar-refractivity contribution >= 4 is 16.9 Å². The van der Waals surface area contributed by atoms with Crippen LogP contribution in [0.5, 0.6) is 0 Å². The largest absolute Gasteiger partial charge is 0.206 e. The highest BCUT2D eigenvalue weighted by molar-refractivity contribution is 6.43. The quantitative estimate of drug-likeness (QED) is 0.618. The summed E-state index contributed by atoms with van der Waals surface area (Å²) in [5.41, 5.74) is 7.23. The van der Waals surface area contributed by atoms with Crippen molar-refractivity contribution in [3.63, 3.8) is 0 Å². The van der Waals surface area contributed by atoms with Gasteiger partial charge in [-0.3, -0.25) is 0 Å². The standard InChI is InChI=1S/C22H14N2/c23-15-24-22-19-14-8-7-13-18(19)20(16-9-3-1-4-10-16)21(22)17-11-5-2-6-12-17/h1-14H. The molecule has 0 unspecified atom stereocenters. The van der Waals surface area contributed by atoms with E-state index in [1.54, 1.807) is 0 Å². The zero-order valence-corrected chi connectivity index (χ0v) is 13.0. The van der Waals surface area contributed by atoms with Crippen LogP contribution in [-0.4, -0.2) is 5.71 Å². The molecule has 2 nitrogen and oxygen atoms in total. The Labute approximate surface area is 141 Å². The minimum absolute atomic E-state index is 0.748. The van der Waals surface area contributed by atoms with Crippen LogP contribution in [0.4, 0.5) is 0 Å². The van der Waals surface area contributed by atoms with Crippen molar-refractivity contribution in [1.82, 2.24) is 0 Å². The molecule has 0 saturated carbocycles. The molecule has 0 heterocycles. The molecule has 0 fully saturated rings. The van der Waals surface area contributed by atoms with Gasteiger partial charge in [0.05, 0.1) is 5.71 Å². The second kappa shape index (κ2) is 5.98. The average molecular weight is 306 g/mol. The molecule has 3 aromatic rings. The fraction of sp³-hybridized carbons (Fsp3) is 0. The SMILES string of the molecule is N#CN=C1C(c2ccccc2)=C(c2ccccc2)c2ccccc21. The van der Waals surface area contributed by atoms with Crippen LogP contribution < -0.4 is 0 Å². The molecule has 24 heavy (non-hydrogen) atoms. The van der Waals surface area contributed by atoms with Gasteiger partial charge in [0.1, 0.15) is 0 Å². The monoisotopic (exact) mass is 306 g/mol. The van der Waals surface area contributed by atoms with Crippen molar-refractivity contribution in [2.75, 3.05) is 0 Å². The van der Waals surface area contributed by atoms with E-state index >= 15 is 0 Å². The molecule has 0 saturated heterocycles. The lowest BCUT2D eigenvalue weighted by Gasteiger charge is -2.09. The molecular weight excluding hydrogens is 292 g/mol. The number of hydrogen-bond donors (Lipinski definition) is 0. The number of aliphatic imine (C=N–C) groups is 1. The molecule has 4 rings (SSSR count). The van der Waals surface area contributed by atoms with Crippen LogP contribution in [0.1, 0.15) is 22.3 Å². The number of fused-ring (bicyclic) bond motifs is 1. The third-order valence-corrected chi connectivity index (χ3v) is 4.23. The predicted octanol–water partition coefficient (Wildman–Crippen LogP) is 4.93. The Morgan fingerprint density at radius 3 is 1.67 bits per heavy atom. The highest BCUT2D eigenvalue weighted by atomic mass is 14.7. The molecule has 0 radical (unpaired) electrons. The van der Waals surface area contributed by atoms with Gasteiger partial charge in [-0.1, -0.05) is 84.9 Å². The van der Waals surface area contributed by atoms with E-state index in [1.807, 2.05) is 60.8 Å². The van der Waals surface area contributed by atoms with Crippen molar-refractivity contribution in [2.45, 2.75) is 0 Å². The lowest BCUT2D eigenvalue weighted by Crippen LogP contribution is -2.00. The second-order valence-electron chi connectivity index (χ2n) is 5.59. The molecule has 2 heteroatoms. The third-order valence-electron chi connectivity index (χ3n) is 4.23. The van der Waals surface area contributed by atoms with Gasteiger partial charge in [-0.25, -0.2) is 0 Å². The summed E-state index contributed by atoms with van der Waals surface area (Å²) in [6, 6.07) is 28.6. The topological polar surface area (TPSA) is 36.1 Å². The van der Waals surface area contributed by atoms with Crippen LogP contribution in [-0.2, 0) is 0 Å². The third kappa shape index (κ3) is 2.24. The van der Waals surface area contributed by atoms with Gasteiger partial charge in [-0.05, 0) is 22.3 Å². The maximum absolute atomic E-state index is 9.21. The van der Waals surface area contributed by atoms with E-state index in [-0.39, 0.29) is 0 Å². The number of benzene rings is 3. The van der Waals surface area contributed by atoms with Crippen LogP contribution in [0, 0.1) is 11.5 Å². The highest BCUT2D eigenvalue weighted by Crippen LogP contribution is 2.42. The molecule has 0 bridgehead atoms. The summed E-state index contributed by atoms with van der Waals surface area (Å²) in [4.78, 5) is 4.16. The van der Waals surface area contributed by atoms with Crippen molar-refractivity contribution < 1.29 is 0 Å². The van der Waals surface area contributed by atoms with E-state index in [9.17, 15) is 5.26 Å². The summed E-state index contributed by atoms with van der Waals surface area (Å²) >= 11 is 0. The van der Waals surface area contributed by atoms with E-state index in [2.05, 4.69) is 35.3 Å². The molecule has 112 valence electrons. The maximum atomic E-state index is 9.21. The lowest BCUT2D eigenvalue weighted by molar-refractivity contribution is 1.44. The van der Waals surface area contributed by atoms with E-state index in [0.29, 0.717) is 0 Å². The van der Waals surface area contributed by atoms with Crippen molar-refractivity contribution in [1.29, 1.82) is 5.26 Å². The van der Waals surface area contributed by atoms with Crippen molar-refractivity contribution in [2.24, 2.45) is 4.99 Å². The zero-order chi connectivity index (χ0) is 16.4. The summed E-state index contributed by atoms with van der Waals surface area (Å²) in [6.45, 7) is 0. The van der Waals surface area contributed by atoms with E-state index in [1.165, 1.54) is 0 Å². The Hall–Kier alpha value is -3.44. The van der Waals surface area contributed by atoms with Crippen LogP contribution in [0.2, 0.25) is 0 Å². The summed E-state index contributed by atoms with van der Waals surface area (Å²) in [5.74, 6) is 0. The number of nitrogens with zero attached hydrogens (tertiary/aromatic N) is 2. The van der Waals surface area contributed by atoms with Gasteiger partial charge in [0.15, 0.2) is 0 Å². The molecular formula is C22H14N2. The first-order valence-electron chi connectivity index (χ1n) is 7.82. The fourth-order valence-electron chi connectivity index (χ4n) is 3.25. The van der Waals surface area contributed by atoms with Crippen LogP contribution in [0.25, 0.3) is 11.1 Å². The summed E-state index contributed by atoms with van der Waals surface area (Å²) in [7, 11) is 0. The first-order valence-corrected chi connectivity index (χ1v) is 7.82. The molecule has 3 aromatic carbocycles. The molecule has 0 aromatic heterocycles. The Bertz CT molecular complexity index is 991. The molecule has 0 atom stereocenters. The van der Waals surface area contributed by atoms with E-state index < -0.39 is 0 Å². The molecule has 0 N–H and O–H groups in total. The van der Waals surface area contributed by atoms with E-state index in [0.717, 1.165) is 39.1 Å². The minimum atomic E-state index is 0.748. The van der Waals surface area contributed by atoms with Gasteiger partial charge in [-0.2, -0.15) is 10.3 Å². The summed E-state index contributed by atoms with van der Waals surface area (Å²) in [6.07, 6.45) is 1.98. The molecule has 0 aliphatic heterocycles. The van der Waals surface area contributed by atoms with Gasteiger partial charge < -0.3 is 0 Å². The first kappa shape index (κ1) is 14.2. The molecule has 1 aliphatic rings. The number of hydrogen-bond acceptors (Lipinski definition) is 2. The molecule has 0 amide bonds. The minimum Gasteiger partial charge on any atom is -0.172 e. The van der Waals surface area contributed by atoms with Crippen LogP contribution in [0.3, 0.4) is 0 Å². The lowest BCUT2D eigenvalue weighted by atomic mass is 9.94. The smallest absolute Gasteiger partial charge is 0.172 e. The fourth-order valence-corrected chi connectivity index (χ4v) is 3.25. The molecule has 1 aliphatic carbocycles. The van der Waals surface area contributed by atoms with E-state index in [4.69, 9.17) is 0 Å². The number of rotatable bonds is 2. The van der Waals surface area contributed by atoms with Gasteiger partial charge in [-0.15, -0.1) is 0 Å². The maximum Gasteiger partial charge on any atom is 0.206 e. The van der Waals surface area contributed by atoms with Gasteiger partial charge in [0.2, 0.25) is 6.19 Å². The first-order chi connectivity index (χ1) is 11.9. The highest BCUT2D eigenvalue weighted by Gasteiger charge is 2.29.